The smallest absolute Gasteiger partial charge is 0.162 e. The number of benzene rings is 2. The first-order chi connectivity index (χ1) is 12.1. The molecular weight excluding hydrogens is 308 g/mol. The molecule has 128 valence electrons. The highest BCUT2D eigenvalue weighted by atomic mass is 15.3. The van der Waals surface area contributed by atoms with E-state index >= 15 is 0 Å². The molecule has 1 heterocycles. The highest BCUT2D eigenvalue weighted by molar-refractivity contribution is 5.81. The summed E-state index contributed by atoms with van der Waals surface area (Å²) in [7, 11) is 0. The van der Waals surface area contributed by atoms with Crippen LogP contribution in [-0.2, 0) is 12.8 Å². The zero-order valence-corrected chi connectivity index (χ0v) is 14.8. The summed E-state index contributed by atoms with van der Waals surface area (Å²) in [5.74, 6) is 1.01. The second-order valence-electron chi connectivity index (χ2n) is 6.88. The minimum Gasteiger partial charge on any atom is -0.399 e. The molecule has 3 N–H and O–H groups in total. The molecule has 1 aromatic heterocycles. The molecular formula is C21H24N4. The lowest BCUT2D eigenvalue weighted by molar-refractivity contribution is 0.675. The fraction of sp³-hybridized carbons (Fsp3) is 0.286. The largest absolute Gasteiger partial charge is 0.399 e. The van der Waals surface area contributed by atoms with Gasteiger partial charge in [0.25, 0.3) is 0 Å². The zero-order valence-electron chi connectivity index (χ0n) is 14.8. The van der Waals surface area contributed by atoms with Crippen LogP contribution in [-0.4, -0.2) is 10.2 Å². The number of nitrogens with zero attached hydrogens (tertiary/aromatic N) is 2. The average Bonchev–Trinajstić information content (AvgIpc) is 3.02. The van der Waals surface area contributed by atoms with Crippen LogP contribution in [0.3, 0.4) is 0 Å². The maximum Gasteiger partial charge on any atom is 0.162 e. The number of nitrogens with one attached hydrogen (secondary N) is 1. The third kappa shape index (κ3) is 2.78. The van der Waals surface area contributed by atoms with Crippen molar-refractivity contribution in [3.05, 3.63) is 64.8 Å². The second kappa shape index (κ2) is 6.28. The van der Waals surface area contributed by atoms with Gasteiger partial charge in [-0.2, -0.15) is 5.10 Å². The molecule has 0 atom stereocenters. The van der Waals surface area contributed by atoms with Crippen LogP contribution < -0.4 is 10.6 Å². The molecule has 0 spiro atoms. The van der Waals surface area contributed by atoms with Crippen LogP contribution in [0.15, 0.2) is 42.5 Å². The average molecular weight is 332 g/mol. The number of rotatable bonds is 3. The topological polar surface area (TPSA) is 57.9 Å². The summed E-state index contributed by atoms with van der Waals surface area (Å²) in [5.41, 5.74) is 14.2. The van der Waals surface area contributed by atoms with Gasteiger partial charge in [0.2, 0.25) is 0 Å². The van der Waals surface area contributed by atoms with Gasteiger partial charge in [-0.15, -0.1) is 0 Å². The molecule has 0 saturated carbocycles. The van der Waals surface area contributed by atoms with E-state index in [1.807, 2.05) is 18.2 Å². The second-order valence-corrected chi connectivity index (χ2v) is 6.88. The first-order valence-electron chi connectivity index (χ1n) is 8.93. The fourth-order valence-electron chi connectivity index (χ4n) is 3.83. The van der Waals surface area contributed by atoms with E-state index < -0.39 is 0 Å². The Morgan fingerprint density at radius 1 is 1.00 bits per heavy atom. The molecule has 0 radical (unpaired) electrons. The Labute approximate surface area is 148 Å². The molecule has 3 aromatic rings. The van der Waals surface area contributed by atoms with Crippen molar-refractivity contribution < 1.29 is 0 Å². The normalized spacial score (nSPS) is 13.5. The van der Waals surface area contributed by atoms with E-state index in [2.05, 4.69) is 48.1 Å². The summed E-state index contributed by atoms with van der Waals surface area (Å²) in [6.07, 6.45) is 4.61. The summed E-state index contributed by atoms with van der Waals surface area (Å²) in [6, 6.07) is 14.5. The highest BCUT2D eigenvalue weighted by Gasteiger charge is 2.25. The molecule has 4 nitrogen and oxygen atoms in total. The molecule has 0 amide bonds. The zero-order chi connectivity index (χ0) is 17.4. The minimum absolute atomic E-state index is 0.762. The summed E-state index contributed by atoms with van der Waals surface area (Å²) in [6.45, 7) is 4.31. The lowest BCUT2D eigenvalue weighted by atomic mass is 9.96. The van der Waals surface area contributed by atoms with Crippen LogP contribution in [0.5, 0.6) is 0 Å². The van der Waals surface area contributed by atoms with Gasteiger partial charge < -0.3 is 5.73 Å². The van der Waals surface area contributed by atoms with Gasteiger partial charge in [-0.25, -0.2) is 0 Å². The summed E-state index contributed by atoms with van der Waals surface area (Å²) >= 11 is 0. The third-order valence-electron chi connectivity index (χ3n) is 5.04. The van der Waals surface area contributed by atoms with Gasteiger partial charge in [-0.1, -0.05) is 24.3 Å². The summed E-state index contributed by atoms with van der Waals surface area (Å²) in [5, 5.41) is 8.00. The highest BCUT2D eigenvalue weighted by Crippen LogP contribution is 2.41. The number of hydrogen-bond acceptors (Lipinski definition) is 3. The van der Waals surface area contributed by atoms with Crippen LogP contribution >= 0.6 is 0 Å². The number of para-hydroxylation sites is 1. The van der Waals surface area contributed by atoms with Crippen LogP contribution in [0, 0.1) is 13.8 Å². The van der Waals surface area contributed by atoms with Gasteiger partial charge in [0.05, 0.1) is 5.69 Å². The van der Waals surface area contributed by atoms with Crippen molar-refractivity contribution in [2.75, 3.05) is 10.6 Å². The molecule has 0 saturated heterocycles. The number of aromatic amines is 1. The van der Waals surface area contributed by atoms with Crippen LogP contribution in [0.25, 0.3) is 0 Å². The molecule has 0 aliphatic heterocycles. The van der Waals surface area contributed by atoms with E-state index in [1.54, 1.807) is 0 Å². The predicted octanol–water partition coefficient (Wildman–Crippen LogP) is 4.96. The Hall–Kier alpha value is -2.75. The van der Waals surface area contributed by atoms with Crippen LogP contribution in [0.4, 0.5) is 22.9 Å². The molecule has 25 heavy (non-hydrogen) atoms. The van der Waals surface area contributed by atoms with E-state index in [-0.39, 0.29) is 0 Å². The number of anilines is 4. The molecule has 4 rings (SSSR count). The Morgan fingerprint density at radius 3 is 2.48 bits per heavy atom. The van der Waals surface area contributed by atoms with E-state index in [1.165, 1.54) is 40.9 Å². The van der Waals surface area contributed by atoms with Crippen molar-refractivity contribution in [3.8, 4) is 0 Å². The van der Waals surface area contributed by atoms with E-state index in [0.717, 1.165) is 30.0 Å². The van der Waals surface area contributed by atoms with Crippen molar-refractivity contribution in [2.24, 2.45) is 0 Å². The van der Waals surface area contributed by atoms with Crippen molar-refractivity contribution >= 4 is 22.9 Å². The number of fused-ring (bicyclic) bond motifs is 1. The van der Waals surface area contributed by atoms with Gasteiger partial charge in [-0.05, 0) is 68.9 Å². The number of nitrogen functional groups attached to an aromatic ring is 1. The number of hydrogen-bond donors (Lipinski definition) is 2. The lowest BCUT2D eigenvalue weighted by Gasteiger charge is -2.28. The van der Waals surface area contributed by atoms with Crippen molar-refractivity contribution in [2.45, 2.75) is 39.5 Å². The first kappa shape index (κ1) is 15.8. The molecule has 4 heteroatoms. The molecule has 1 aliphatic carbocycles. The number of aromatic nitrogens is 2. The summed E-state index contributed by atoms with van der Waals surface area (Å²) in [4.78, 5) is 2.27. The Balaban J connectivity index is 1.95. The third-order valence-corrected chi connectivity index (χ3v) is 5.04. The Bertz CT molecular complexity index is 890. The molecule has 2 aromatic carbocycles. The van der Waals surface area contributed by atoms with Crippen LogP contribution in [0.1, 0.15) is 35.2 Å². The van der Waals surface area contributed by atoms with E-state index in [0.29, 0.717) is 0 Å². The molecule has 0 unspecified atom stereocenters. The maximum atomic E-state index is 6.09. The predicted molar refractivity (Wildman–Crippen MR) is 104 cm³/mol. The van der Waals surface area contributed by atoms with Crippen molar-refractivity contribution in [3.63, 3.8) is 0 Å². The number of aryl methyl sites for hydroxylation is 3. The van der Waals surface area contributed by atoms with Gasteiger partial charge in [0.15, 0.2) is 5.82 Å². The summed E-state index contributed by atoms with van der Waals surface area (Å²) < 4.78 is 0. The SMILES string of the molecule is Cc1cccc(C)c1N(c1cccc(N)c1)c1n[nH]c2c1CCCC2. The van der Waals surface area contributed by atoms with Crippen molar-refractivity contribution in [1.29, 1.82) is 0 Å². The molecule has 0 fully saturated rings. The van der Waals surface area contributed by atoms with Gasteiger partial charge >= 0.3 is 0 Å². The fourth-order valence-corrected chi connectivity index (χ4v) is 3.83. The number of nitrogens with two attached hydrogens (primary N) is 1. The Morgan fingerprint density at radius 2 is 1.72 bits per heavy atom. The van der Waals surface area contributed by atoms with Crippen LogP contribution in [0.2, 0.25) is 0 Å². The standard InChI is InChI=1S/C21H24N4/c1-14-7-5-8-15(2)20(14)25(17-10-6-9-16(22)13-17)21-18-11-3-4-12-19(18)23-24-21/h5-10,13H,3-4,11-12,22H2,1-2H3,(H,23,24). The molecule has 1 aliphatic rings. The van der Waals surface area contributed by atoms with Gasteiger partial charge in [0, 0.05) is 22.6 Å². The first-order valence-corrected chi connectivity index (χ1v) is 8.93. The quantitative estimate of drug-likeness (QED) is 0.667. The van der Waals surface area contributed by atoms with E-state index in [4.69, 9.17) is 10.8 Å². The number of H-pyrrole nitrogens is 1. The van der Waals surface area contributed by atoms with Gasteiger partial charge in [0.1, 0.15) is 0 Å². The minimum atomic E-state index is 0.762. The van der Waals surface area contributed by atoms with E-state index in [9.17, 15) is 0 Å². The van der Waals surface area contributed by atoms with Gasteiger partial charge in [-0.3, -0.25) is 10.00 Å². The lowest BCUT2D eigenvalue weighted by Crippen LogP contribution is -2.16. The Kier molecular flexibility index (Phi) is 3.96. The van der Waals surface area contributed by atoms with Crippen molar-refractivity contribution in [1.82, 2.24) is 10.2 Å². The maximum absolute atomic E-state index is 6.09. The monoisotopic (exact) mass is 332 g/mol. The molecule has 0 bridgehead atoms.